The summed E-state index contributed by atoms with van der Waals surface area (Å²) in [5.74, 6) is -1.55. The first-order valence-electron chi connectivity index (χ1n) is 13.8. The second-order valence-corrected chi connectivity index (χ2v) is 12.0. The summed E-state index contributed by atoms with van der Waals surface area (Å²) in [7, 11) is 1.82. The molecule has 0 saturated heterocycles. The summed E-state index contributed by atoms with van der Waals surface area (Å²) in [5, 5.41) is 26.2. The molecule has 0 aliphatic carbocycles. The van der Waals surface area contributed by atoms with Crippen molar-refractivity contribution in [3.05, 3.63) is 111 Å². The van der Waals surface area contributed by atoms with Gasteiger partial charge in [-0.3, -0.25) is 14.9 Å². The molecule has 2 amide bonds. The normalized spacial score (nSPS) is 22.0. The van der Waals surface area contributed by atoms with Gasteiger partial charge in [0.2, 0.25) is 6.54 Å². The molecule has 1 spiro atoms. The number of anilines is 1. The molecule has 42 heavy (non-hydrogen) atoms. The van der Waals surface area contributed by atoms with Crippen molar-refractivity contribution in [2.45, 2.75) is 50.8 Å². The fourth-order valence-corrected chi connectivity index (χ4v) is 6.67. The maximum absolute atomic E-state index is 14.9. The SMILES string of the molecule is Cc1ccc([C@@H]2[C@@H](C[N+](=O)[O-])c3c(c4ccccc4n3C)[C@@]3(C(=O)N(C(=O)OC(C)(C)C)c4ccccc43)N2O)cc1. The van der Waals surface area contributed by atoms with Gasteiger partial charge in [-0.1, -0.05) is 66.2 Å². The number of benzene rings is 3. The number of carbonyl (C=O) groups excluding carboxylic acids is 2. The van der Waals surface area contributed by atoms with Crippen LogP contribution in [0.15, 0.2) is 72.8 Å². The van der Waals surface area contributed by atoms with Gasteiger partial charge in [0, 0.05) is 39.7 Å². The molecule has 216 valence electrons. The highest BCUT2D eigenvalue weighted by Crippen LogP contribution is 2.59. The van der Waals surface area contributed by atoms with Crippen LogP contribution in [0.1, 0.15) is 60.7 Å². The van der Waals surface area contributed by atoms with E-state index in [2.05, 4.69) is 0 Å². The zero-order valence-corrected chi connectivity index (χ0v) is 24.1. The van der Waals surface area contributed by atoms with E-state index in [1.165, 1.54) is 0 Å². The molecule has 0 fully saturated rings. The van der Waals surface area contributed by atoms with E-state index in [1.54, 1.807) is 45.0 Å². The van der Waals surface area contributed by atoms with Gasteiger partial charge >= 0.3 is 6.09 Å². The summed E-state index contributed by atoms with van der Waals surface area (Å²) in [4.78, 5) is 41.3. The van der Waals surface area contributed by atoms with Crippen LogP contribution in [0.3, 0.4) is 0 Å². The maximum atomic E-state index is 14.9. The number of hydroxylamine groups is 2. The first-order valence-corrected chi connectivity index (χ1v) is 13.8. The lowest BCUT2D eigenvalue weighted by Gasteiger charge is -2.47. The molecule has 0 saturated carbocycles. The van der Waals surface area contributed by atoms with Crippen LogP contribution in [0, 0.1) is 17.0 Å². The van der Waals surface area contributed by atoms with E-state index in [0.717, 1.165) is 21.0 Å². The summed E-state index contributed by atoms with van der Waals surface area (Å²) in [6, 6.07) is 20.6. The fourth-order valence-electron chi connectivity index (χ4n) is 6.67. The van der Waals surface area contributed by atoms with Crippen molar-refractivity contribution in [1.29, 1.82) is 0 Å². The molecule has 2 aliphatic rings. The molecular formula is C32H32N4O6. The van der Waals surface area contributed by atoms with Crippen LogP contribution in [0.4, 0.5) is 10.5 Å². The van der Waals surface area contributed by atoms with Crippen molar-refractivity contribution < 1.29 is 24.5 Å². The second kappa shape index (κ2) is 9.50. The van der Waals surface area contributed by atoms with E-state index < -0.39 is 46.6 Å². The number of hydrogen-bond donors (Lipinski definition) is 1. The lowest BCUT2D eigenvalue weighted by atomic mass is 9.72. The van der Waals surface area contributed by atoms with Crippen molar-refractivity contribution in [3.63, 3.8) is 0 Å². The van der Waals surface area contributed by atoms with Gasteiger partial charge in [-0.25, -0.2) is 9.69 Å². The van der Waals surface area contributed by atoms with Crippen molar-refractivity contribution in [2.24, 2.45) is 7.05 Å². The average Bonchev–Trinajstić information content (AvgIpc) is 3.36. The predicted octanol–water partition coefficient (Wildman–Crippen LogP) is 5.82. The summed E-state index contributed by atoms with van der Waals surface area (Å²) < 4.78 is 7.54. The number of aryl methyl sites for hydroxylation is 2. The van der Waals surface area contributed by atoms with Gasteiger partial charge in [0.05, 0.1) is 17.6 Å². The second-order valence-electron chi connectivity index (χ2n) is 12.0. The van der Waals surface area contributed by atoms with Gasteiger partial charge in [-0.2, -0.15) is 5.06 Å². The molecular weight excluding hydrogens is 536 g/mol. The number of rotatable bonds is 3. The van der Waals surface area contributed by atoms with Crippen LogP contribution in [-0.2, 0) is 22.1 Å². The lowest BCUT2D eigenvalue weighted by Crippen LogP contribution is -2.59. The molecule has 2 aliphatic heterocycles. The Kier molecular flexibility index (Phi) is 6.25. The zero-order valence-electron chi connectivity index (χ0n) is 24.1. The third kappa shape index (κ3) is 3.86. The summed E-state index contributed by atoms with van der Waals surface area (Å²) in [6.07, 6.45) is -0.869. The van der Waals surface area contributed by atoms with Gasteiger partial charge in [0.25, 0.3) is 5.91 Å². The van der Waals surface area contributed by atoms with Crippen molar-refractivity contribution >= 4 is 28.6 Å². The highest BCUT2D eigenvalue weighted by atomic mass is 16.6. The predicted molar refractivity (Wildman–Crippen MR) is 156 cm³/mol. The number of fused-ring (bicyclic) bond motifs is 6. The third-order valence-corrected chi connectivity index (χ3v) is 8.24. The van der Waals surface area contributed by atoms with Crippen LogP contribution in [0.2, 0.25) is 0 Å². The molecule has 0 unspecified atom stereocenters. The van der Waals surface area contributed by atoms with Crippen molar-refractivity contribution in [2.75, 3.05) is 11.4 Å². The molecule has 3 heterocycles. The largest absolute Gasteiger partial charge is 0.443 e. The van der Waals surface area contributed by atoms with Gasteiger partial charge in [-0.05, 0) is 45.4 Å². The van der Waals surface area contributed by atoms with Gasteiger partial charge in [0.1, 0.15) is 5.60 Å². The number of para-hydroxylation sites is 2. The molecule has 10 heteroatoms. The van der Waals surface area contributed by atoms with Crippen LogP contribution >= 0.6 is 0 Å². The number of amides is 2. The molecule has 0 bridgehead atoms. The fraction of sp³-hybridized carbons (Fsp3) is 0.312. The number of ether oxygens (including phenoxy) is 1. The Morgan fingerprint density at radius 2 is 1.69 bits per heavy atom. The summed E-state index contributed by atoms with van der Waals surface area (Å²) in [5.41, 5.74) is 1.18. The zero-order chi connectivity index (χ0) is 30.1. The van der Waals surface area contributed by atoms with Crippen LogP contribution in [0.5, 0.6) is 0 Å². The molecule has 1 aromatic heterocycles. The number of nitrogens with zero attached hydrogens (tertiary/aromatic N) is 4. The highest BCUT2D eigenvalue weighted by molar-refractivity contribution is 6.23. The number of imide groups is 1. The standard InChI is InChI=1S/C32H32N4O6/c1-19-14-16-20(17-15-19)27-22(18-34(39)40)28-26(21-10-6-8-12-24(21)33(28)5)32(36(27)41)23-11-7-9-13-25(23)35(29(32)37)30(38)42-31(2,3)4/h6-17,22,27,41H,18H2,1-5H3/t22-,27-,32+/m1/s1. The Labute approximate surface area is 242 Å². The molecule has 3 aromatic carbocycles. The van der Waals surface area contributed by atoms with Crippen molar-refractivity contribution in [1.82, 2.24) is 9.63 Å². The Hall–Kier alpha value is -4.54. The minimum atomic E-state index is -1.90. The van der Waals surface area contributed by atoms with Gasteiger partial charge in [-0.15, -0.1) is 0 Å². The number of nitro groups is 1. The average molecular weight is 569 g/mol. The Morgan fingerprint density at radius 1 is 1.05 bits per heavy atom. The van der Waals surface area contributed by atoms with E-state index in [-0.39, 0.29) is 5.69 Å². The molecule has 4 aromatic rings. The molecule has 10 nitrogen and oxygen atoms in total. The minimum Gasteiger partial charge on any atom is -0.443 e. The summed E-state index contributed by atoms with van der Waals surface area (Å²) in [6.45, 7) is 6.57. The first-order chi connectivity index (χ1) is 19.9. The Morgan fingerprint density at radius 3 is 2.36 bits per heavy atom. The van der Waals surface area contributed by atoms with Crippen LogP contribution < -0.4 is 4.90 Å². The van der Waals surface area contributed by atoms with E-state index >= 15 is 0 Å². The first kappa shape index (κ1) is 27.6. The van der Waals surface area contributed by atoms with E-state index in [0.29, 0.717) is 27.8 Å². The van der Waals surface area contributed by atoms with Crippen LogP contribution in [0.25, 0.3) is 10.9 Å². The smallest absolute Gasteiger partial charge is 0.421 e. The highest BCUT2D eigenvalue weighted by Gasteiger charge is 2.66. The number of hydrogen-bond acceptors (Lipinski definition) is 7. The Bertz CT molecular complexity index is 1760. The monoisotopic (exact) mass is 568 g/mol. The topological polar surface area (TPSA) is 118 Å². The third-order valence-electron chi connectivity index (χ3n) is 8.24. The van der Waals surface area contributed by atoms with E-state index in [9.17, 15) is 24.9 Å². The number of aromatic nitrogens is 1. The number of carbonyl (C=O) groups is 2. The minimum absolute atomic E-state index is 0.282. The lowest BCUT2D eigenvalue weighted by molar-refractivity contribution is -0.486. The van der Waals surface area contributed by atoms with E-state index in [1.807, 2.05) is 67.1 Å². The quantitative estimate of drug-likeness (QED) is 0.244. The molecule has 6 rings (SSSR count). The summed E-state index contributed by atoms with van der Waals surface area (Å²) >= 11 is 0. The Balaban J connectivity index is 1.73. The molecule has 0 radical (unpaired) electrons. The maximum Gasteiger partial charge on any atom is 0.421 e. The van der Waals surface area contributed by atoms with Crippen LogP contribution in [-0.4, -0.2) is 43.9 Å². The van der Waals surface area contributed by atoms with E-state index in [4.69, 9.17) is 4.74 Å². The van der Waals surface area contributed by atoms with Crippen molar-refractivity contribution in [3.8, 4) is 0 Å². The molecule has 1 N–H and O–H groups in total. The van der Waals surface area contributed by atoms with Gasteiger partial charge in [0.15, 0.2) is 5.54 Å². The molecule has 3 atom stereocenters. The van der Waals surface area contributed by atoms with Gasteiger partial charge < -0.3 is 14.5 Å².